The number of aliphatic hydroxyl groups excluding tert-OH is 1. The lowest BCUT2D eigenvalue weighted by atomic mass is 9.88. The van der Waals surface area contributed by atoms with Crippen LogP contribution in [0.2, 0.25) is 0 Å². The Hall–Kier alpha value is -1.59. The molecule has 1 aromatic carbocycles. The molecule has 0 aliphatic carbocycles. The van der Waals surface area contributed by atoms with Crippen molar-refractivity contribution in [1.29, 1.82) is 0 Å². The summed E-state index contributed by atoms with van der Waals surface area (Å²) in [5.74, 6) is 0.267. The molecule has 0 radical (unpaired) electrons. The summed E-state index contributed by atoms with van der Waals surface area (Å²) in [4.78, 5) is 14.0. The predicted octanol–water partition coefficient (Wildman–Crippen LogP) is 2.83. The molecular weight excluding hydrogens is 316 g/mol. The zero-order valence-corrected chi connectivity index (χ0v) is 15.5. The van der Waals surface area contributed by atoms with Crippen LogP contribution in [0, 0.1) is 5.92 Å². The highest BCUT2D eigenvalue weighted by Gasteiger charge is 2.27. The lowest BCUT2D eigenvalue weighted by Gasteiger charge is -2.34. The molecule has 140 valence electrons. The van der Waals surface area contributed by atoms with E-state index in [2.05, 4.69) is 17.4 Å². The number of carbonyl (C=O) groups is 1. The normalized spacial score (nSPS) is 16.9. The van der Waals surface area contributed by atoms with Crippen LogP contribution in [0.1, 0.15) is 38.7 Å². The first-order chi connectivity index (χ1) is 12.1. The quantitative estimate of drug-likeness (QED) is 0.710. The molecule has 1 unspecified atom stereocenters. The van der Waals surface area contributed by atoms with Gasteiger partial charge in [-0.2, -0.15) is 0 Å². The number of ether oxygens (including phenoxy) is 1. The molecule has 1 atom stereocenters. The molecule has 25 heavy (non-hydrogen) atoms. The van der Waals surface area contributed by atoms with E-state index in [1.165, 1.54) is 5.56 Å². The molecule has 0 bridgehead atoms. The van der Waals surface area contributed by atoms with Gasteiger partial charge in [-0.1, -0.05) is 30.3 Å². The van der Waals surface area contributed by atoms with Crippen LogP contribution >= 0.6 is 0 Å². The smallest absolute Gasteiger partial charge is 0.317 e. The van der Waals surface area contributed by atoms with E-state index in [0.29, 0.717) is 32.7 Å². The molecule has 2 N–H and O–H groups in total. The molecule has 5 nitrogen and oxygen atoms in total. The lowest BCUT2D eigenvalue weighted by molar-refractivity contribution is 0.0661. The van der Waals surface area contributed by atoms with Crippen LogP contribution in [0.25, 0.3) is 0 Å². The molecule has 1 fully saturated rings. The Kier molecular flexibility index (Phi) is 8.22. The maximum Gasteiger partial charge on any atom is 0.317 e. The van der Waals surface area contributed by atoms with E-state index >= 15 is 0 Å². The molecule has 5 heteroatoms. The van der Waals surface area contributed by atoms with E-state index in [0.717, 1.165) is 19.3 Å². The third-order valence-corrected chi connectivity index (χ3v) is 4.71. The van der Waals surface area contributed by atoms with E-state index < -0.39 is 0 Å². The van der Waals surface area contributed by atoms with Gasteiger partial charge in [0.2, 0.25) is 0 Å². The summed E-state index contributed by atoms with van der Waals surface area (Å²) in [6.07, 6.45) is 3.14. The predicted molar refractivity (Wildman–Crippen MR) is 99.6 cm³/mol. The van der Waals surface area contributed by atoms with E-state index in [4.69, 9.17) is 4.74 Å². The number of hydrogen-bond acceptors (Lipinski definition) is 3. The summed E-state index contributed by atoms with van der Waals surface area (Å²) in [6.45, 7) is 6.76. The van der Waals surface area contributed by atoms with E-state index in [-0.39, 0.29) is 24.2 Å². The van der Waals surface area contributed by atoms with Crippen molar-refractivity contribution in [2.24, 2.45) is 5.92 Å². The lowest BCUT2D eigenvalue weighted by Crippen LogP contribution is -2.46. The van der Waals surface area contributed by atoms with Crippen LogP contribution in [-0.2, 0) is 11.2 Å². The van der Waals surface area contributed by atoms with E-state index in [1.807, 2.05) is 36.9 Å². The Morgan fingerprint density at radius 3 is 2.60 bits per heavy atom. The molecule has 0 aromatic heterocycles. The summed E-state index contributed by atoms with van der Waals surface area (Å²) < 4.78 is 5.47. The van der Waals surface area contributed by atoms with Gasteiger partial charge in [0.15, 0.2) is 0 Å². The Morgan fingerprint density at radius 2 is 1.96 bits per heavy atom. The van der Waals surface area contributed by atoms with Gasteiger partial charge in [-0.25, -0.2) is 4.79 Å². The maximum atomic E-state index is 12.2. The van der Waals surface area contributed by atoms with Crippen LogP contribution in [0.15, 0.2) is 30.3 Å². The highest BCUT2D eigenvalue weighted by Crippen LogP contribution is 2.23. The van der Waals surface area contributed by atoms with Crippen molar-refractivity contribution in [3.63, 3.8) is 0 Å². The zero-order valence-electron chi connectivity index (χ0n) is 15.5. The molecule has 2 rings (SSSR count). The van der Waals surface area contributed by atoms with Crippen molar-refractivity contribution >= 4 is 6.03 Å². The fourth-order valence-corrected chi connectivity index (χ4v) is 3.21. The SMILES string of the molecule is CC(C)OCCCNC(=O)N1CCC(C(O)Cc2ccccc2)CC1. The summed E-state index contributed by atoms with van der Waals surface area (Å²) >= 11 is 0. The number of hydrogen-bond donors (Lipinski definition) is 2. The topological polar surface area (TPSA) is 61.8 Å². The number of benzene rings is 1. The van der Waals surface area contributed by atoms with Crippen molar-refractivity contribution in [2.75, 3.05) is 26.2 Å². The molecule has 0 saturated carbocycles. The fourth-order valence-electron chi connectivity index (χ4n) is 3.21. The van der Waals surface area contributed by atoms with Gasteiger partial charge in [0.25, 0.3) is 0 Å². The second-order valence-electron chi connectivity index (χ2n) is 7.09. The van der Waals surface area contributed by atoms with Crippen molar-refractivity contribution in [3.8, 4) is 0 Å². The van der Waals surface area contributed by atoms with Gasteiger partial charge in [0.05, 0.1) is 12.2 Å². The molecule has 1 saturated heterocycles. The fraction of sp³-hybridized carbons (Fsp3) is 0.650. The zero-order chi connectivity index (χ0) is 18.1. The molecule has 1 aromatic rings. The van der Waals surface area contributed by atoms with Crippen molar-refractivity contribution in [1.82, 2.24) is 10.2 Å². The molecule has 2 amide bonds. The number of likely N-dealkylation sites (tertiary alicyclic amines) is 1. The number of nitrogens with one attached hydrogen (secondary N) is 1. The third kappa shape index (κ3) is 7.04. The molecule has 1 aliphatic heterocycles. The monoisotopic (exact) mass is 348 g/mol. The van der Waals surface area contributed by atoms with E-state index in [9.17, 15) is 9.90 Å². The minimum Gasteiger partial charge on any atom is -0.392 e. The molecule has 1 aliphatic rings. The van der Waals surface area contributed by atoms with Crippen molar-refractivity contribution in [2.45, 2.75) is 51.7 Å². The summed E-state index contributed by atoms with van der Waals surface area (Å²) in [7, 11) is 0. The van der Waals surface area contributed by atoms with Crippen LogP contribution in [-0.4, -0.2) is 54.5 Å². The second kappa shape index (κ2) is 10.4. The number of piperidine rings is 1. The largest absolute Gasteiger partial charge is 0.392 e. The van der Waals surface area contributed by atoms with Crippen LogP contribution in [0.5, 0.6) is 0 Å². The highest BCUT2D eigenvalue weighted by atomic mass is 16.5. The van der Waals surface area contributed by atoms with Gasteiger partial charge in [0.1, 0.15) is 0 Å². The summed E-state index contributed by atoms with van der Waals surface area (Å²) in [5.41, 5.74) is 1.17. The molecule has 0 spiro atoms. The Balaban J connectivity index is 1.64. The molecule has 1 heterocycles. The first-order valence-corrected chi connectivity index (χ1v) is 9.42. The van der Waals surface area contributed by atoms with Gasteiger partial charge in [-0.05, 0) is 51.0 Å². The summed E-state index contributed by atoms with van der Waals surface area (Å²) in [5, 5.41) is 13.4. The van der Waals surface area contributed by atoms with Gasteiger partial charge in [-0.15, -0.1) is 0 Å². The number of amides is 2. The second-order valence-corrected chi connectivity index (χ2v) is 7.09. The highest BCUT2D eigenvalue weighted by molar-refractivity contribution is 5.74. The first kappa shape index (κ1) is 19.7. The van der Waals surface area contributed by atoms with Gasteiger partial charge < -0.3 is 20.1 Å². The van der Waals surface area contributed by atoms with Crippen LogP contribution in [0.4, 0.5) is 4.79 Å². The van der Waals surface area contributed by atoms with Gasteiger partial charge in [-0.3, -0.25) is 0 Å². The Bertz CT molecular complexity index is 499. The summed E-state index contributed by atoms with van der Waals surface area (Å²) in [6, 6.07) is 10.1. The van der Waals surface area contributed by atoms with Crippen LogP contribution < -0.4 is 5.32 Å². The van der Waals surface area contributed by atoms with Crippen molar-refractivity contribution in [3.05, 3.63) is 35.9 Å². The van der Waals surface area contributed by atoms with Crippen molar-refractivity contribution < 1.29 is 14.6 Å². The average molecular weight is 348 g/mol. The Labute approximate surface area is 151 Å². The van der Waals surface area contributed by atoms with Gasteiger partial charge >= 0.3 is 6.03 Å². The Morgan fingerprint density at radius 1 is 1.28 bits per heavy atom. The van der Waals surface area contributed by atoms with Crippen LogP contribution in [0.3, 0.4) is 0 Å². The van der Waals surface area contributed by atoms with Gasteiger partial charge in [0, 0.05) is 26.2 Å². The maximum absolute atomic E-state index is 12.2. The minimum atomic E-state index is -0.333. The number of rotatable bonds is 8. The number of aliphatic hydroxyl groups is 1. The van der Waals surface area contributed by atoms with E-state index in [1.54, 1.807) is 0 Å². The molecular formula is C20H32N2O3. The number of carbonyl (C=O) groups excluding carboxylic acids is 1. The standard InChI is InChI=1S/C20H32N2O3/c1-16(2)25-14-6-11-21-20(24)22-12-9-18(10-13-22)19(23)15-17-7-4-3-5-8-17/h3-5,7-8,16,18-19,23H,6,9-15H2,1-2H3,(H,21,24). The first-order valence-electron chi connectivity index (χ1n) is 9.42. The number of nitrogens with zero attached hydrogens (tertiary/aromatic N) is 1. The average Bonchev–Trinajstić information content (AvgIpc) is 2.62. The number of urea groups is 1. The third-order valence-electron chi connectivity index (χ3n) is 4.71. The minimum absolute atomic E-state index is 0.000506.